The molecule has 0 spiro atoms. The number of halogens is 2. The molecule has 33 heavy (non-hydrogen) atoms. The summed E-state index contributed by atoms with van der Waals surface area (Å²) in [7, 11) is 0. The van der Waals surface area contributed by atoms with E-state index in [0.717, 1.165) is 11.3 Å². The second-order valence-electron chi connectivity index (χ2n) is 8.18. The first-order valence-corrected chi connectivity index (χ1v) is 11.2. The second-order valence-corrected chi connectivity index (χ2v) is 9.02. The van der Waals surface area contributed by atoms with Crippen LogP contribution in [0.2, 0.25) is 10.0 Å². The summed E-state index contributed by atoms with van der Waals surface area (Å²) in [6, 6.07) is 24.7. The fraction of sp³-hybridized carbons (Fsp3) is 0.148. The van der Waals surface area contributed by atoms with Crippen LogP contribution >= 0.6 is 23.2 Å². The highest BCUT2D eigenvalue weighted by atomic mass is 35.5. The Kier molecular flexibility index (Phi) is 5.22. The molecule has 1 saturated heterocycles. The van der Waals surface area contributed by atoms with Crippen molar-refractivity contribution in [2.45, 2.75) is 18.0 Å². The van der Waals surface area contributed by atoms with Gasteiger partial charge in [0.25, 0.3) is 0 Å². The molecule has 6 heteroatoms. The zero-order valence-corrected chi connectivity index (χ0v) is 18.8. The minimum Gasteiger partial charge on any atom is -0.351 e. The zero-order chi connectivity index (χ0) is 23.2. The maximum Gasteiger partial charge on any atom is 0.185 e. The van der Waals surface area contributed by atoms with Gasteiger partial charge < -0.3 is 4.90 Å². The van der Waals surface area contributed by atoms with Crippen molar-refractivity contribution in [1.29, 1.82) is 10.5 Å². The van der Waals surface area contributed by atoms with Crippen LogP contribution in [0.3, 0.4) is 0 Å². The maximum atomic E-state index is 14.0. The van der Waals surface area contributed by atoms with Crippen LogP contribution in [0.15, 0.2) is 78.9 Å². The number of Topliss-reactive ketones (excluding diaryl/α,β-unsaturated/α-hetero) is 1. The lowest BCUT2D eigenvalue weighted by Gasteiger charge is -2.35. The molecular weight excluding hydrogens is 453 g/mol. The van der Waals surface area contributed by atoms with E-state index < -0.39 is 23.4 Å². The molecule has 3 atom stereocenters. The maximum absolute atomic E-state index is 14.0. The molecule has 4 nitrogen and oxygen atoms in total. The first-order chi connectivity index (χ1) is 16.0. The molecule has 0 aliphatic carbocycles. The van der Waals surface area contributed by atoms with Gasteiger partial charge in [-0.25, -0.2) is 0 Å². The molecule has 160 valence electrons. The van der Waals surface area contributed by atoms with Gasteiger partial charge in [-0.3, -0.25) is 4.79 Å². The number of nitriles is 2. The molecule has 0 amide bonds. The van der Waals surface area contributed by atoms with Crippen molar-refractivity contribution in [1.82, 2.24) is 0 Å². The third kappa shape index (κ3) is 3.15. The van der Waals surface area contributed by atoms with Gasteiger partial charge in [0.15, 0.2) is 11.2 Å². The smallest absolute Gasteiger partial charge is 0.185 e. The molecule has 0 bridgehead atoms. The van der Waals surface area contributed by atoms with Gasteiger partial charge in [-0.15, -0.1) is 0 Å². The van der Waals surface area contributed by atoms with E-state index in [0.29, 0.717) is 21.2 Å². The Hall–Kier alpha value is -3.57. The monoisotopic (exact) mass is 469 g/mol. The number of ketones is 1. The Balaban J connectivity index is 1.81. The SMILES string of the molecule is N#CC1(C#N)[C@H](c2ccc(Cl)cc2Cl)[C@@H](C(=O)c2ccccc2)N2c3ccccc3C=C[C@H]21. The van der Waals surface area contributed by atoms with E-state index in [9.17, 15) is 15.3 Å². The summed E-state index contributed by atoms with van der Waals surface area (Å²) in [6.07, 6.45) is 3.76. The van der Waals surface area contributed by atoms with Gasteiger partial charge in [-0.05, 0) is 29.3 Å². The first-order valence-electron chi connectivity index (χ1n) is 10.4. The number of para-hydroxylation sites is 1. The summed E-state index contributed by atoms with van der Waals surface area (Å²) in [5, 5.41) is 21.6. The molecule has 3 aromatic carbocycles. The molecule has 0 N–H and O–H groups in total. The number of benzene rings is 3. The lowest BCUT2D eigenvalue weighted by molar-refractivity contribution is 0.0951. The van der Waals surface area contributed by atoms with Gasteiger partial charge in [0.1, 0.15) is 6.04 Å². The summed E-state index contributed by atoms with van der Waals surface area (Å²) in [5.41, 5.74) is 1.25. The summed E-state index contributed by atoms with van der Waals surface area (Å²) in [4.78, 5) is 16.0. The van der Waals surface area contributed by atoms with Crippen molar-refractivity contribution in [3.63, 3.8) is 0 Å². The van der Waals surface area contributed by atoms with Crippen LogP contribution in [-0.4, -0.2) is 17.9 Å². The number of anilines is 1. The highest BCUT2D eigenvalue weighted by Gasteiger charge is 2.63. The minimum absolute atomic E-state index is 0.172. The Labute approximate surface area is 201 Å². The lowest BCUT2D eigenvalue weighted by atomic mass is 9.69. The third-order valence-corrected chi connectivity index (χ3v) is 7.10. The van der Waals surface area contributed by atoms with E-state index in [2.05, 4.69) is 12.1 Å². The van der Waals surface area contributed by atoms with E-state index in [4.69, 9.17) is 23.2 Å². The zero-order valence-electron chi connectivity index (χ0n) is 17.3. The van der Waals surface area contributed by atoms with Crippen LogP contribution in [0.1, 0.15) is 27.4 Å². The van der Waals surface area contributed by atoms with Gasteiger partial charge in [0, 0.05) is 27.2 Å². The van der Waals surface area contributed by atoms with E-state index in [1.807, 2.05) is 47.4 Å². The fourth-order valence-electron chi connectivity index (χ4n) is 5.10. The van der Waals surface area contributed by atoms with Crippen molar-refractivity contribution in [3.8, 4) is 12.1 Å². The van der Waals surface area contributed by atoms with Crippen molar-refractivity contribution in [2.24, 2.45) is 5.41 Å². The third-order valence-electron chi connectivity index (χ3n) is 6.54. The van der Waals surface area contributed by atoms with Crippen LogP contribution < -0.4 is 4.90 Å². The van der Waals surface area contributed by atoms with Crippen LogP contribution in [0.4, 0.5) is 5.69 Å². The lowest BCUT2D eigenvalue weighted by Crippen LogP contribution is -2.44. The summed E-state index contributed by atoms with van der Waals surface area (Å²) in [6.45, 7) is 0. The predicted molar refractivity (Wildman–Crippen MR) is 129 cm³/mol. The molecule has 3 aromatic rings. The number of rotatable bonds is 3. The molecule has 0 radical (unpaired) electrons. The van der Waals surface area contributed by atoms with Gasteiger partial charge in [0.2, 0.25) is 0 Å². The van der Waals surface area contributed by atoms with Gasteiger partial charge in [-0.1, -0.05) is 90.0 Å². The van der Waals surface area contributed by atoms with Crippen molar-refractivity contribution < 1.29 is 4.79 Å². The number of carbonyl (C=O) groups excluding carboxylic acids is 1. The van der Waals surface area contributed by atoms with Crippen LogP contribution in [0.25, 0.3) is 6.08 Å². The van der Waals surface area contributed by atoms with Crippen LogP contribution in [0, 0.1) is 28.1 Å². The number of carbonyl (C=O) groups is 1. The largest absolute Gasteiger partial charge is 0.351 e. The van der Waals surface area contributed by atoms with Crippen molar-refractivity contribution in [2.75, 3.05) is 4.90 Å². The Morgan fingerprint density at radius 1 is 0.939 bits per heavy atom. The van der Waals surface area contributed by atoms with E-state index in [-0.39, 0.29) is 5.78 Å². The minimum atomic E-state index is -1.55. The number of fused-ring (bicyclic) bond motifs is 3. The summed E-state index contributed by atoms with van der Waals surface area (Å²) < 4.78 is 0. The second kappa shape index (κ2) is 8.09. The number of nitrogens with zero attached hydrogens (tertiary/aromatic N) is 3. The van der Waals surface area contributed by atoms with E-state index in [1.54, 1.807) is 42.5 Å². The van der Waals surface area contributed by atoms with Crippen LogP contribution in [-0.2, 0) is 0 Å². The molecule has 0 saturated carbocycles. The average Bonchev–Trinajstić information content (AvgIpc) is 3.15. The average molecular weight is 470 g/mol. The normalized spacial score (nSPS) is 22.1. The molecular formula is C27H17Cl2N3O. The van der Waals surface area contributed by atoms with Crippen LogP contribution in [0.5, 0.6) is 0 Å². The first kappa shape index (κ1) is 21.3. The Morgan fingerprint density at radius 3 is 2.33 bits per heavy atom. The van der Waals surface area contributed by atoms with Gasteiger partial charge >= 0.3 is 0 Å². The van der Waals surface area contributed by atoms with Gasteiger partial charge in [-0.2, -0.15) is 10.5 Å². The van der Waals surface area contributed by atoms with Crippen molar-refractivity contribution >= 4 is 40.7 Å². The van der Waals surface area contributed by atoms with Crippen molar-refractivity contribution in [3.05, 3.63) is 106 Å². The quantitative estimate of drug-likeness (QED) is 0.423. The van der Waals surface area contributed by atoms with E-state index in [1.165, 1.54) is 0 Å². The van der Waals surface area contributed by atoms with Gasteiger partial charge in [0.05, 0.1) is 18.2 Å². The molecule has 1 fully saturated rings. The number of hydrogen-bond acceptors (Lipinski definition) is 4. The molecule has 2 aliphatic rings. The Morgan fingerprint density at radius 2 is 1.64 bits per heavy atom. The summed E-state index contributed by atoms with van der Waals surface area (Å²) >= 11 is 12.8. The highest BCUT2D eigenvalue weighted by molar-refractivity contribution is 6.35. The summed E-state index contributed by atoms with van der Waals surface area (Å²) in [5.74, 6) is -0.972. The fourth-order valence-corrected chi connectivity index (χ4v) is 5.63. The standard InChI is InChI=1S/C27H17Cl2N3O/c28-19-11-12-20(21(29)14-19)24-25(26(33)18-7-2-1-3-8-18)32-22-9-5-4-6-17(22)10-13-23(32)27(24,15-30)16-31/h1-14,23-25H/t23-,24+,25-/m0/s1. The Bertz CT molecular complexity index is 1360. The molecule has 2 aliphatic heterocycles. The van der Waals surface area contributed by atoms with E-state index >= 15 is 0 Å². The molecule has 5 rings (SSSR count). The topological polar surface area (TPSA) is 67.9 Å². The molecule has 0 aromatic heterocycles. The molecule has 0 unspecified atom stereocenters. The predicted octanol–water partition coefficient (Wildman–Crippen LogP) is 6.28. The molecule has 2 heterocycles. The number of hydrogen-bond donors (Lipinski definition) is 0. The highest BCUT2D eigenvalue weighted by Crippen LogP contribution is 2.56.